The Hall–Kier alpha value is -0.640. The molecule has 1 aliphatic carbocycles. The van der Waals surface area contributed by atoms with Gasteiger partial charge in [0.1, 0.15) is 0 Å². The van der Waals surface area contributed by atoms with Crippen molar-refractivity contribution in [3.8, 4) is 0 Å². The first-order valence-electron chi connectivity index (χ1n) is 6.28. The Labute approximate surface area is 101 Å². The van der Waals surface area contributed by atoms with Crippen molar-refractivity contribution in [2.75, 3.05) is 23.4 Å². The molecular formula is C12H19N3S. The highest BCUT2D eigenvalue weighted by Gasteiger charge is 2.25. The van der Waals surface area contributed by atoms with E-state index in [9.17, 15) is 0 Å². The van der Waals surface area contributed by atoms with E-state index in [1.807, 2.05) is 6.20 Å². The summed E-state index contributed by atoms with van der Waals surface area (Å²) >= 11 is 2.09. The summed E-state index contributed by atoms with van der Waals surface area (Å²) in [5.41, 5.74) is 0. The van der Waals surface area contributed by atoms with Crippen LogP contribution < -0.4 is 5.32 Å². The molecule has 0 spiro atoms. The topological polar surface area (TPSA) is 29.9 Å². The van der Waals surface area contributed by atoms with Crippen LogP contribution in [0, 0.1) is 5.92 Å². The molecule has 0 aromatic carbocycles. The van der Waals surface area contributed by atoms with E-state index in [4.69, 9.17) is 0 Å². The van der Waals surface area contributed by atoms with E-state index in [1.165, 1.54) is 37.2 Å². The van der Waals surface area contributed by atoms with Crippen LogP contribution in [0.15, 0.2) is 12.4 Å². The van der Waals surface area contributed by atoms with E-state index in [1.54, 1.807) is 0 Å². The lowest BCUT2D eigenvalue weighted by molar-refractivity contribution is 0.513. The van der Waals surface area contributed by atoms with Gasteiger partial charge in [-0.2, -0.15) is 11.8 Å². The van der Waals surface area contributed by atoms with E-state index in [2.05, 4.69) is 32.8 Å². The Morgan fingerprint density at radius 1 is 1.31 bits per heavy atom. The summed E-state index contributed by atoms with van der Waals surface area (Å²) in [7, 11) is 0. The highest BCUT2D eigenvalue weighted by atomic mass is 32.2. The molecule has 3 nitrogen and oxygen atoms in total. The monoisotopic (exact) mass is 237 g/mol. The van der Waals surface area contributed by atoms with Gasteiger partial charge in [-0.1, -0.05) is 0 Å². The zero-order valence-electron chi connectivity index (χ0n) is 9.56. The maximum atomic E-state index is 4.41. The third kappa shape index (κ3) is 2.37. The number of hydrogen-bond acceptors (Lipinski definition) is 3. The van der Waals surface area contributed by atoms with Crippen LogP contribution in [-0.2, 0) is 0 Å². The van der Waals surface area contributed by atoms with Crippen molar-refractivity contribution in [3.05, 3.63) is 12.4 Å². The van der Waals surface area contributed by atoms with Crippen molar-refractivity contribution in [2.24, 2.45) is 5.92 Å². The number of anilines is 1. The zero-order chi connectivity index (χ0) is 10.8. The average Bonchev–Trinajstić information content (AvgIpc) is 3.07. The van der Waals surface area contributed by atoms with Crippen LogP contribution in [-0.4, -0.2) is 27.6 Å². The Balaban J connectivity index is 1.54. The molecule has 2 aliphatic rings. The van der Waals surface area contributed by atoms with Gasteiger partial charge < -0.3 is 9.88 Å². The van der Waals surface area contributed by atoms with Crippen molar-refractivity contribution >= 4 is 17.7 Å². The Morgan fingerprint density at radius 3 is 2.88 bits per heavy atom. The van der Waals surface area contributed by atoms with Gasteiger partial charge in [-0.25, -0.2) is 4.98 Å². The van der Waals surface area contributed by atoms with Crippen molar-refractivity contribution in [1.29, 1.82) is 0 Å². The summed E-state index contributed by atoms with van der Waals surface area (Å²) in [5.74, 6) is 4.61. The summed E-state index contributed by atoms with van der Waals surface area (Å²) in [4.78, 5) is 4.41. The van der Waals surface area contributed by atoms with Gasteiger partial charge in [0.05, 0.1) is 0 Å². The number of rotatable bonds is 4. The van der Waals surface area contributed by atoms with E-state index >= 15 is 0 Å². The molecule has 3 rings (SSSR count). The third-order valence-electron chi connectivity index (χ3n) is 3.50. The maximum absolute atomic E-state index is 4.41. The minimum atomic E-state index is 0.729. The fraction of sp³-hybridized carbons (Fsp3) is 0.750. The molecule has 1 aromatic rings. The van der Waals surface area contributed by atoms with Gasteiger partial charge in [-0.3, -0.25) is 0 Å². The molecule has 0 unspecified atom stereocenters. The molecule has 16 heavy (non-hydrogen) atoms. The highest BCUT2D eigenvalue weighted by molar-refractivity contribution is 7.99. The molecule has 0 bridgehead atoms. The molecule has 0 radical (unpaired) electrons. The number of nitrogens with zero attached hydrogens (tertiary/aromatic N) is 2. The van der Waals surface area contributed by atoms with Crippen LogP contribution in [0.5, 0.6) is 0 Å². The molecule has 1 aromatic heterocycles. The molecule has 1 N–H and O–H groups in total. The molecule has 1 saturated carbocycles. The first kappa shape index (κ1) is 10.5. The van der Waals surface area contributed by atoms with E-state index < -0.39 is 0 Å². The van der Waals surface area contributed by atoms with Gasteiger partial charge in [-0.05, 0) is 43.1 Å². The lowest BCUT2D eigenvalue weighted by Gasteiger charge is -2.22. The summed E-state index contributed by atoms with van der Waals surface area (Å²) < 4.78 is 2.30. The summed E-state index contributed by atoms with van der Waals surface area (Å²) in [6.07, 6.45) is 9.40. The highest BCUT2D eigenvalue weighted by Crippen LogP contribution is 2.36. The number of aromatic nitrogens is 2. The molecular weight excluding hydrogens is 218 g/mol. The van der Waals surface area contributed by atoms with Crippen LogP contribution in [0.2, 0.25) is 0 Å². The van der Waals surface area contributed by atoms with Crippen LogP contribution in [0.3, 0.4) is 0 Å². The maximum Gasteiger partial charge on any atom is 0.203 e. The first-order chi connectivity index (χ1) is 7.93. The van der Waals surface area contributed by atoms with Gasteiger partial charge in [0.15, 0.2) is 0 Å². The van der Waals surface area contributed by atoms with Crippen molar-refractivity contribution in [2.45, 2.75) is 31.7 Å². The Kier molecular flexibility index (Phi) is 3.09. The number of imidazole rings is 1. The van der Waals surface area contributed by atoms with Gasteiger partial charge in [0.25, 0.3) is 0 Å². The normalized spacial score (nSPS) is 22.2. The fourth-order valence-corrected chi connectivity index (χ4v) is 3.49. The summed E-state index contributed by atoms with van der Waals surface area (Å²) in [6.45, 7) is 1.10. The summed E-state index contributed by atoms with van der Waals surface area (Å²) in [5, 5.41) is 3.53. The van der Waals surface area contributed by atoms with E-state index in [0.717, 1.165) is 24.5 Å². The third-order valence-corrected chi connectivity index (χ3v) is 4.55. The largest absolute Gasteiger partial charge is 0.355 e. The van der Waals surface area contributed by atoms with Crippen molar-refractivity contribution in [3.63, 3.8) is 0 Å². The molecule has 2 heterocycles. The predicted octanol–water partition coefficient (Wildman–Crippen LogP) is 2.77. The second-order valence-electron chi connectivity index (χ2n) is 4.83. The molecule has 88 valence electrons. The number of hydrogen-bond donors (Lipinski definition) is 1. The van der Waals surface area contributed by atoms with Crippen molar-refractivity contribution in [1.82, 2.24) is 9.55 Å². The lowest BCUT2D eigenvalue weighted by Crippen LogP contribution is -2.20. The Bertz CT molecular complexity index is 340. The average molecular weight is 237 g/mol. The molecule has 1 aliphatic heterocycles. The molecule has 2 fully saturated rings. The van der Waals surface area contributed by atoms with Gasteiger partial charge in [-0.15, -0.1) is 0 Å². The standard InChI is InChI=1S/C12H19N3S/c1-2-11(1)15-6-5-13-12(15)14-9-10-3-7-16-8-4-10/h5-6,10-11H,1-4,7-9H2,(H,13,14). The second kappa shape index (κ2) is 4.70. The first-order valence-corrected chi connectivity index (χ1v) is 7.43. The Morgan fingerprint density at radius 2 is 2.12 bits per heavy atom. The van der Waals surface area contributed by atoms with E-state index in [-0.39, 0.29) is 0 Å². The molecule has 1 saturated heterocycles. The van der Waals surface area contributed by atoms with Crippen LogP contribution in [0.25, 0.3) is 0 Å². The van der Waals surface area contributed by atoms with Gasteiger partial charge in [0, 0.05) is 25.0 Å². The minimum Gasteiger partial charge on any atom is -0.355 e. The zero-order valence-corrected chi connectivity index (χ0v) is 10.4. The van der Waals surface area contributed by atoms with Gasteiger partial charge in [0.2, 0.25) is 5.95 Å². The minimum absolute atomic E-state index is 0.729. The van der Waals surface area contributed by atoms with Crippen molar-refractivity contribution < 1.29 is 0 Å². The SMILES string of the molecule is c1cn(C2CC2)c(NCC2CCSCC2)n1. The number of nitrogens with one attached hydrogen (secondary N) is 1. The fourth-order valence-electron chi connectivity index (χ4n) is 2.28. The predicted molar refractivity (Wildman–Crippen MR) is 69.0 cm³/mol. The molecule has 0 atom stereocenters. The molecule has 4 heteroatoms. The quantitative estimate of drug-likeness (QED) is 0.873. The van der Waals surface area contributed by atoms with Crippen LogP contribution in [0.1, 0.15) is 31.7 Å². The lowest BCUT2D eigenvalue weighted by atomic mass is 10.0. The van der Waals surface area contributed by atoms with Crippen LogP contribution >= 0.6 is 11.8 Å². The van der Waals surface area contributed by atoms with Crippen LogP contribution in [0.4, 0.5) is 5.95 Å². The number of thioether (sulfide) groups is 1. The summed E-state index contributed by atoms with van der Waals surface area (Å²) in [6, 6.07) is 0.729. The smallest absolute Gasteiger partial charge is 0.203 e. The van der Waals surface area contributed by atoms with Gasteiger partial charge >= 0.3 is 0 Å². The molecule has 0 amide bonds. The van der Waals surface area contributed by atoms with E-state index in [0.29, 0.717) is 0 Å². The second-order valence-corrected chi connectivity index (χ2v) is 6.05.